The quantitative estimate of drug-likeness (QED) is 0.658. The van der Waals surface area contributed by atoms with Crippen LogP contribution in [0.1, 0.15) is 15.9 Å². The second-order valence-electron chi connectivity index (χ2n) is 2.68. The monoisotopic (exact) mass is 262 g/mol. The lowest BCUT2D eigenvalue weighted by atomic mass is 10.1. The molecule has 1 rings (SSSR count). The number of aromatic hydroxyl groups is 1. The number of ketones is 1. The van der Waals surface area contributed by atoms with Gasteiger partial charge in [-0.3, -0.25) is 4.79 Å². The molecule has 0 radical (unpaired) electrons. The van der Waals surface area contributed by atoms with Crippen LogP contribution in [0.2, 0.25) is 5.02 Å². The van der Waals surface area contributed by atoms with Crippen LogP contribution in [0.25, 0.3) is 0 Å². The number of Topliss-reactive ketones (excluding diaryl/α,β-unsaturated/α-hetero) is 1. The zero-order chi connectivity index (χ0) is 10.0. The molecule has 0 saturated carbocycles. The average molecular weight is 264 g/mol. The number of hydrogen-bond donors (Lipinski definition) is 1. The van der Waals surface area contributed by atoms with Crippen LogP contribution < -0.4 is 0 Å². The van der Waals surface area contributed by atoms with Crippen LogP contribution in [0, 0.1) is 6.92 Å². The summed E-state index contributed by atoms with van der Waals surface area (Å²) < 4.78 is 0. The molecule has 1 N–H and O–H groups in total. The SMILES string of the molecule is Cc1cc(O)c(C(=O)CBr)cc1Cl. The topological polar surface area (TPSA) is 37.3 Å². The summed E-state index contributed by atoms with van der Waals surface area (Å²) in [6.07, 6.45) is 0. The van der Waals surface area contributed by atoms with Gasteiger partial charge in [-0.2, -0.15) is 0 Å². The fourth-order valence-electron chi connectivity index (χ4n) is 0.962. The first-order valence-electron chi connectivity index (χ1n) is 3.64. The van der Waals surface area contributed by atoms with Gasteiger partial charge in [0.2, 0.25) is 0 Å². The van der Waals surface area contributed by atoms with E-state index in [4.69, 9.17) is 11.6 Å². The van der Waals surface area contributed by atoms with Gasteiger partial charge in [-0.15, -0.1) is 0 Å². The van der Waals surface area contributed by atoms with Gasteiger partial charge in [0, 0.05) is 5.02 Å². The molecule has 1 aromatic carbocycles. The van der Waals surface area contributed by atoms with E-state index in [1.807, 2.05) is 0 Å². The van der Waals surface area contributed by atoms with Gasteiger partial charge >= 0.3 is 0 Å². The van der Waals surface area contributed by atoms with Crippen molar-refractivity contribution in [1.82, 2.24) is 0 Å². The predicted molar refractivity (Wildman–Crippen MR) is 56.0 cm³/mol. The summed E-state index contributed by atoms with van der Waals surface area (Å²) in [5, 5.41) is 10.1. The van der Waals surface area contributed by atoms with Crippen molar-refractivity contribution >= 4 is 33.3 Å². The van der Waals surface area contributed by atoms with E-state index < -0.39 is 0 Å². The number of carbonyl (C=O) groups is 1. The highest BCUT2D eigenvalue weighted by molar-refractivity contribution is 9.09. The van der Waals surface area contributed by atoms with Gasteiger partial charge in [0.25, 0.3) is 0 Å². The summed E-state index contributed by atoms with van der Waals surface area (Å²) in [7, 11) is 0. The number of phenolic OH excluding ortho intramolecular Hbond substituents is 1. The molecule has 0 aliphatic rings. The Morgan fingerprint density at radius 2 is 2.23 bits per heavy atom. The number of carbonyl (C=O) groups excluding carboxylic acids is 1. The Balaban J connectivity index is 3.23. The van der Waals surface area contributed by atoms with E-state index in [1.165, 1.54) is 12.1 Å². The molecule has 0 fully saturated rings. The highest BCUT2D eigenvalue weighted by Crippen LogP contribution is 2.26. The molecule has 0 saturated heterocycles. The Hall–Kier alpha value is -0.540. The summed E-state index contributed by atoms with van der Waals surface area (Å²) in [5.41, 5.74) is 1.01. The summed E-state index contributed by atoms with van der Waals surface area (Å²) in [5.74, 6) is -0.203. The molecule has 70 valence electrons. The summed E-state index contributed by atoms with van der Waals surface area (Å²) in [6.45, 7) is 1.77. The summed E-state index contributed by atoms with van der Waals surface area (Å²) in [6, 6.07) is 2.97. The van der Waals surface area contributed by atoms with Gasteiger partial charge in [-0.05, 0) is 24.6 Å². The van der Waals surface area contributed by atoms with Crippen LogP contribution in [0.3, 0.4) is 0 Å². The highest BCUT2D eigenvalue weighted by atomic mass is 79.9. The molecule has 0 spiro atoms. The maximum atomic E-state index is 11.2. The van der Waals surface area contributed by atoms with Gasteiger partial charge in [-0.1, -0.05) is 27.5 Å². The lowest BCUT2D eigenvalue weighted by molar-refractivity contribution is 0.102. The Bertz CT molecular complexity index is 350. The van der Waals surface area contributed by atoms with Crippen molar-refractivity contribution in [2.75, 3.05) is 5.33 Å². The lowest BCUT2D eigenvalue weighted by Gasteiger charge is -2.04. The second-order valence-corrected chi connectivity index (χ2v) is 3.64. The summed E-state index contributed by atoms with van der Waals surface area (Å²) in [4.78, 5) is 11.2. The Kier molecular flexibility index (Phi) is 3.33. The predicted octanol–water partition coefficient (Wildman–Crippen LogP) is 2.93. The first-order valence-corrected chi connectivity index (χ1v) is 5.14. The van der Waals surface area contributed by atoms with Crippen LogP contribution >= 0.6 is 27.5 Å². The second kappa shape index (κ2) is 4.11. The number of hydrogen-bond acceptors (Lipinski definition) is 2. The van der Waals surface area contributed by atoms with Crippen LogP contribution in [0.4, 0.5) is 0 Å². The standard InChI is InChI=1S/C9H8BrClO2/c1-5-2-8(12)6(3-7(5)11)9(13)4-10/h2-3,12H,4H2,1H3. The molecular formula is C9H8BrClO2. The van der Waals surface area contributed by atoms with Crippen molar-refractivity contribution in [3.8, 4) is 5.75 Å². The number of benzene rings is 1. The average Bonchev–Trinajstić information content (AvgIpc) is 2.10. The van der Waals surface area contributed by atoms with Gasteiger partial charge in [-0.25, -0.2) is 0 Å². The molecule has 0 aliphatic heterocycles. The van der Waals surface area contributed by atoms with Crippen molar-refractivity contribution in [1.29, 1.82) is 0 Å². The van der Waals surface area contributed by atoms with E-state index in [-0.39, 0.29) is 22.4 Å². The largest absolute Gasteiger partial charge is 0.507 e. The molecule has 4 heteroatoms. The van der Waals surface area contributed by atoms with Crippen molar-refractivity contribution in [2.24, 2.45) is 0 Å². The van der Waals surface area contributed by atoms with Gasteiger partial charge in [0.05, 0.1) is 10.9 Å². The van der Waals surface area contributed by atoms with Crippen molar-refractivity contribution in [3.05, 3.63) is 28.3 Å². The van der Waals surface area contributed by atoms with Crippen LogP contribution in [0.5, 0.6) is 5.75 Å². The fourth-order valence-corrected chi connectivity index (χ4v) is 1.43. The maximum Gasteiger partial charge on any atom is 0.177 e. The molecule has 0 atom stereocenters. The Morgan fingerprint density at radius 1 is 1.62 bits per heavy atom. The molecule has 0 aromatic heterocycles. The molecule has 0 unspecified atom stereocenters. The van der Waals surface area contributed by atoms with E-state index in [0.29, 0.717) is 5.02 Å². The van der Waals surface area contributed by atoms with E-state index in [0.717, 1.165) is 5.56 Å². The number of aryl methyl sites for hydroxylation is 1. The molecule has 0 heterocycles. The third kappa shape index (κ3) is 2.23. The number of halogens is 2. The van der Waals surface area contributed by atoms with Crippen LogP contribution in [0.15, 0.2) is 12.1 Å². The molecular weight excluding hydrogens is 255 g/mol. The van der Waals surface area contributed by atoms with E-state index in [1.54, 1.807) is 6.92 Å². The highest BCUT2D eigenvalue weighted by Gasteiger charge is 2.11. The van der Waals surface area contributed by atoms with Gasteiger partial charge < -0.3 is 5.11 Å². The minimum atomic E-state index is -0.181. The fraction of sp³-hybridized carbons (Fsp3) is 0.222. The van der Waals surface area contributed by atoms with Crippen LogP contribution in [-0.4, -0.2) is 16.2 Å². The van der Waals surface area contributed by atoms with Gasteiger partial charge in [0.1, 0.15) is 5.75 Å². The first kappa shape index (κ1) is 10.5. The van der Waals surface area contributed by atoms with E-state index in [9.17, 15) is 9.90 Å². The summed E-state index contributed by atoms with van der Waals surface area (Å²) >= 11 is 8.83. The normalized spacial score (nSPS) is 10.1. The van der Waals surface area contributed by atoms with Crippen molar-refractivity contribution in [3.63, 3.8) is 0 Å². The number of rotatable bonds is 2. The Morgan fingerprint density at radius 3 is 2.77 bits per heavy atom. The number of alkyl halides is 1. The van der Waals surface area contributed by atoms with E-state index in [2.05, 4.69) is 15.9 Å². The first-order chi connectivity index (χ1) is 6.06. The zero-order valence-electron chi connectivity index (χ0n) is 6.97. The van der Waals surface area contributed by atoms with Crippen molar-refractivity contribution < 1.29 is 9.90 Å². The van der Waals surface area contributed by atoms with E-state index >= 15 is 0 Å². The smallest absolute Gasteiger partial charge is 0.177 e. The Labute approximate surface area is 89.7 Å². The third-order valence-electron chi connectivity index (χ3n) is 1.70. The van der Waals surface area contributed by atoms with Crippen molar-refractivity contribution in [2.45, 2.75) is 6.92 Å². The van der Waals surface area contributed by atoms with Gasteiger partial charge in [0.15, 0.2) is 5.78 Å². The molecule has 0 aliphatic carbocycles. The molecule has 0 amide bonds. The molecule has 1 aromatic rings. The third-order valence-corrected chi connectivity index (χ3v) is 2.62. The minimum absolute atomic E-state index is 0.0219. The zero-order valence-corrected chi connectivity index (χ0v) is 9.32. The molecule has 13 heavy (non-hydrogen) atoms. The van der Waals surface area contributed by atoms with Crippen LogP contribution in [-0.2, 0) is 0 Å². The number of phenols is 1. The molecule has 2 nitrogen and oxygen atoms in total. The minimum Gasteiger partial charge on any atom is -0.507 e. The molecule has 0 bridgehead atoms. The maximum absolute atomic E-state index is 11.2. The lowest BCUT2D eigenvalue weighted by Crippen LogP contribution is -2.00.